The first-order valence-electron chi connectivity index (χ1n) is 6.38. The van der Waals surface area contributed by atoms with Crippen LogP contribution in [0.1, 0.15) is 17.3 Å². The van der Waals surface area contributed by atoms with E-state index in [-0.39, 0.29) is 11.3 Å². The summed E-state index contributed by atoms with van der Waals surface area (Å²) in [4.78, 5) is 24.1. The first-order chi connectivity index (χ1) is 9.52. The molecule has 1 aliphatic rings. The quantitative estimate of drug-likeness (QED) is 0.508. The number of nitro benzene ring substituents is 1. The van der Waals surface area contributed by atoms with Gasteiger partial charge in [0.25, 0.3) is 5.69 Å². The molecule has 0 bridgehead atoms. The molecular formula is C13H17N3O4. The molecule has 1 unspecified atom stereocenters. The van der Waals surface area contributed by atoms with Gasteiger partial charge in [-0.05, 0) is 19.1 Å². The minimum atomic E-state index is -0.697. The van der Waals surface area contributed by atoms with Gasteiger partial charge in [-0.25, -0.2) is 4.79 Å². The molecule has 0 aliphatic carbocycles. The second-order valence-electron chi connectivity index (χ2n) is 4.75. The number of esters is 1. The zero-order valence-corrected chi connectivity index (χ0v) is 11.5. The summed E-state index contributed by atoms with van der Waals surface area (Å²) in [6.07, 6.45) is 0. The number of benzene rings is 1. The van der Waals surface area contributed by atoms with Gasteiger partial charge in [0.15, 0.2) is 0 Å². The van der Waals surface area contributed by atoms with Crippen molar-refractivity contribution in [3.63, 3.8) is 0 Å². The van der Waals surface area contributed by atoms with E-state index in [1.165, 1.54) is 19.2 Å². The van der Waals surface area contributed by atoms with Crippen molar-refractivity contribution in [3.8, 4) is 0 Å². The molecule has 1 heterocycles. The van der Waals surface area contributed by atoms with Crippen LogP contribution in [0, 0.1) is 10.1 Å². The maximum Gasteiger partial charge on any atom is 0.344 e. The smallest absolute Gasteiger partial charge is 0.344 e. The van der Waals surface area contributed by atoms with Crippen molar-refractivity contribution in [1.29, 1.82) is 0 Å². The molecule has 7 heteroatoms. The van der Waals surface area contributed by atoms with Gasteiger partial charge in [0, 0.05) is 37.4 Å². The van der Waals surface area contributed by atoms with Crippen LogP contribution in [0.15, 0.2) is 18.2 Å². The summed E-state index contributed by atoms with van der Waals surface area (Å²) in [5, 5.41) is 14.4. The van der Waals surface area contributed by atoms with Crippen LogP contribution in [0.5, 0.6) is 0 Å². The van der Waals surface area contributed by atoms with Crippen LogP contribution >= 0.6 is 0 Å². The number of piperazine rings is 1. The molecule has 0 aromatic heterocycles. The Kier molecular flexibility index (Phi) is 4.19. The molecule has 2 rings (SSSR count). The van der Waals surface area contributed by atoms with Gasteiger partial charge in [0.05, 0.1) is 12.0 Å². The largest absolute Gasteiger partial charge is 0.465 e. The molecule has 20 heavy (non-hydrogen) atoms. The van der Waals surface area contributed by atoms with E-state index in [1.54, 1.807) is 6.07 Å². The molecule has 1 aromatic rings. The van der Waals surface area contributed by atoms with E-state index in [1.807, 2.05) is 0 Å². The molecule has 0 spiro atoms. The third kappa shape index (κ3) is 2.88. The Morgan fingerprint density at radius 2 is 2.30 bits per heavy atom. The lowest BCUT2D eigenvalue weighted by Gasteiger charge is -2.33. The van der Waals surface area contributed by atoms with Crippen LogP contribution in [0.4, 0.5) is 11.4 Å². The summed E-state index contributed by atoms with van der Waals surface area (Å²) in [5.74, 6) is -0.697. The second kappa shape index (κ2) is 5.87. The number of anilines is 1. The first kappa shape index (κ1) is 14.3. The molecule has 0 saturated carbocycles. The summed E-state index contributed by atoms with van der Waals surface area (Å²) < 4.78 is 4.56. The molecule has 1 aliphatic heterocycles. The second-order valence-corrected chi connectivity index (χ2v) is 4.75. The number of nitro groups is 1. The molecule has 1 fully saturated rings. The summed E-state index contributed by atoms with van der Waals surface area (Å²) >= 11 is 0. The highest BCUT2D eigenvalue weighted by Gasteiger charge is 2.24. The monoisotopic (exact) mass is 279 g/mol. The lowest BCUT2D eigenvalue weighted by atomic mass is 10.1. The minimum Gasteiger partial charge on any atom is -0.465 e. The summed E-state index contributed by atoms with van der Waals surface area (Å²) in [7, 11) is 1.21. The Hall–Kier alpha value is -2.15. The van der Waals surface area contributed by atoms with Crippen molar-refractivity contribution in [2.24, 2.45) is 0 Å². The van der Waals surface area contributed by atoms with Crippen molar-refractivity contribution in [1.82, 2.24) is 5.32 Å². The lowest BCUT2D eigenvalue weighted by molar-refractivity contribution is -0.385. The Morgan fingerprint density at radius 1 is 1.55 bits per heavy atom. The summed E-state index contributed by atoms with van der Waals surface area (Å²) in [5.41, 5.74) is 0.502. The van der Waals surface area contributed by atoms with Crippen molar-refractivity contribution in [2.75, 3.05) is 31.6 Å². The van der Waals surface area contributed by atoms with Crippen LogP contribution in [0.3, 0.4) is 0 Å². The number of nitrogens with zero attached hydrogens (tertiary/aromatic N) is 2. The normalized spacial score (nSPS) is 18.7. The van der Waals surface area contributed by atoms with E-state index in [0.29, 0.717) is 6.04 Å². The predicted molar refractivity (Wildman–Crippen MR) is 74.1 cm³/mol. The number of carbonyl (C=O) groups is 1. The zero-order chi connectivity index (χ0) is 14.7. The van der Waals surface area contributed by atoms with Gasteiger partial charge in [-0.15, -0.1) is 0 Å². The molecular weight excluding hydrogens is 262 g/mol. The van der Waals surface area contributed by atoms with Gasteiger partial charge in [0.2, 0.25) is 0 Å². The Bertz CT molecular complexity index is 532. The minimum absolute atomic E-state index is 0.0237. The van der Waals surface area contributed by atoms with Crippen LogP contribution in [-0.2, 0) is 4.74 Å². The molecule has 1 N–H and O–H groups in total. The Balaban J connectivity index is 2.34. The number of hydrogen-bond donors (Lipinski definition) is 1. The van der Waals surface area contributed by atoms with Crippen LogP contribution in [0.2, 0.25) is 0 Å². The molecule has 0 amide bonds. The highest BCUT2D eigenvalue weighted by atomic mass is 16.6. The highest BCUT2D eigenvalue weighted by Crippen LogP contribution is 2.27. The van der Waals surface area contributed by atoms with E-state index in [2.05, 4.69) is 21.9 Å². The summed E-state index contributed by atoms with van der Waals surface area (Å²) in [6, 6.07) is 4.93. The average Bonchev–Trinajstić information content (AvgIpc) is 2.45. The van der Waals surface area contributed by atoms with Gasteiger partial charge < -0.3 is 15.0 Å². The molecule has 1 aromatic carbocycles. The van der Waals surface area contributed by atoms with Crippen molar-refractivity contribution in [2.45, 2.75) is 13.0 Å². The topological polar surface area (TPSA) is 84.7 Å². The number of ether oxygens (including phenoxy) is 1. The lowest BCUT2D eigenvalue weighted by Crippen LogP contribution is -2.49. The third-order valence-corrected chi connectivity index (χ3v) is 3.32. The van der Waals surface area contributed by atoms with E-state index in [4.69, 9.17) is 0 Å². The van der Waals surface area contributed by atoms with E-state index < -0.39 is 10.9 Å². The van der Waals surface area contributed by atoms with Crippen molar-refractivity contribution < 1.29 is 14.5 Å². The zero-order valence-electron chi connectivity index (χ0n) is 11.5. The van der Waals surface area contributed by atoms with E-state index in [0.717, 1.165) is 25.3 Å². The van der Waals surface area contributed by atoms with Crippen LogP contribution in [0.25, 0.3) is 0 Å². The fourth-order valence-electron chi connectivity index (χ4n) is 2.32. The first-order valence-corrected chi connectivity index (χ1v) is 6.38. The van der Waals surface area contributed by atoms with Gasteiger partial charge >= 0.3 is 5.97 Å². The number of nitrogens with one attached hydrogen (secondary N) is 1. The predicted octanol–water partition coefficient (Wildman–Crippen LogP) is 1.18. The third-order valence-electron chi connectivity index (χ3n) is 3.32. The molecule has 7 nitrogen and oxygen atoms in total. The Labute approximate surface area is 116 Å². The van der Waals surface area contributed by atoms with Crippen molar-refractivity contribution in [3.05, 3.63) is 33.9 Å². The molecule has 1 atom stereocenters. The fraction of sp³-hybridized carbons (Fsp3) is 0.462. The molecule has 108 valence electrons. The number of hydrogen-bond acceptors (Lipinski definition) is 6. The SMILES string of the molecule is COC(=O)c1ccc(N2CCNC(C)C2)cc1[N+](=O)[O-]. The Morgan fingerprint density at radius 3 is 2.90 bits per heavy atom. The average molecular weight is 279 g/mol. The van der Waals surface area contributed by atoms with Gasteiger partial charge in [0.1, 0.15) is 5.56 Å². The van der Waals surface area contributed by atoms with E-state index in [9.17, 15) is 14.9 Å². The van der Waals surface area contributed by atoms with Gasteiger partial charge in [-0.2, -0.15) is 0 Å². The standard InChI is InChI=1S/C13H17N3O4/c1-9-8-15(6-5-14-9)10-3-4-11(13(17)20-2)12(7-10)16(18)19/h3-4,7,9,14H,5-6,8H2,1-2H3. The number of methoxy groups -OCH3 is 1. The highest BCUT2D eigenvalue weighted by molar-refractivity contribution is 5.94. The van der Waals surface area contributed by atoms with Gasteiger partial charge in [-0.3, -0.25) is 10.1 Å². The fourth-order valence-corrected chi connectivity index (χ4v) is 2.32. The number of carbonyl (C=O) groups excluding carboxylic acids is 1. The van der Waals surface area contributed by atoms with E-state index >= 15 is 0 Å². The molecule has 0 radical (unpaired) electrons. The summed E-state index contributed by atoms with van der Waals surface area (Å²) in [6.45, 7) is 4.44. The van der Waals surface area contributed by atoms with Crippen molar-refractivity contribution >= 4 is 17.3 Å². The van der Waals surface area contributed by atoms with Crippen LogP contribution < -0.4 is 10.2 Å². The van der Waals surface area contributed by atoms with Crippen LogP contribution in [-0.4, -0.2) is 43.7 Å². The molecule has 1 saturated heterocycles. The maximum absolute atomic E-state index is 11.5. The maximum atomic E-state index is 11.5. The van der Waals surface area contributed by atoms with Gasteiger partial charge in [-0.1, -0.05) is 0 Å². The number of rotatable bonds is 3.